The van der Waals surface area contributed by atoms with Crippen LogP contribution in [-0.2, 0) is 0 Å². The zero-order chi connectivity index (χ0) is 13.2. The molecule has 3 rings (SSSR count). The zero-order valence-electron chi connectivity index (χ0n) is 9.62. The monoisotopic (exact) mass is 317 g/mol. The molecule has 2 N–H and O–H groups in total. The molecule has 3 heterocycles. The van der Waals surface area contributed by atoms with E-state index in [0.717, 1.165) is 4.47 Å². The predicted octanol–water partition coefficient (Wildman–Crippen LogP) is 2.54. The molecule has 0 aliphatic heterocycles. The van der Waals surface area contributed by atoms with E-state index in [0.29, 0.717) is 22.9 Å². The maximum atomic E-state index is 5.81. The Hall–Kier alpha value is -2.28. The summed E-state index contributed by atoms with van der Waals surface area (Å²) in [5, 5.41) is 3.87. The van der Waals surface area contributed by atoms with Gasteiger partial charge in [-0.05, 0) is 40.2 Å². The van der Waals surface area contributed by atoms with E-state index in [1.54, 1.807) is 30.6 Å². The van der Waals surface area contributed by atoms with Crippen molar-refractivity contribution >= 4 is 21.6 Å². The van der Waals surface area contributed by atoms with E-state index in [-0.39, 0.29) is 5.89 Å². The second kappa shape index (κ2) is 4.77. The number of nitrogens with two attached hydrogens (primary N) is 1. The van der Waals surface area contributed by atoms with Gasteiger partial charge in [-0.15, -0.1) is 0 Å². The Morgan fingerprint density at radius 2 is 2.05 bits per heavy atom. The van der Waals surface area contributed by atoms with Crippen molar-refractivity contribution in [1.82, 2.24) is 20.1 Å². The van der Waals surface area contributed by atoms with Gasteiger partial charge < -0.3 is 10.3 Å². The van der Waals surface area contributed by atoms with Gasteiger partial charge in [0, 0.05) is 16.9 Å². The molecule has 0 saturated heterocycles. The van der Waals surface area contributed by atoms with Gasteiger partial charge in [0.05, 0.1) is 5.69 Å². The van der Waals surface area contributed by atoms with Gasteiger partial charge in [0.1, 0.15) is 5.69 Å². The summed E-state index contributed by atoms with van der Waals surface area (Å²) in [5.41, 5.74) is 7.38. The molecular formula is C12H8BrN5O. The van der Waals surface area contributed by atoms with Crippen molar-refractivity contribution < 1.29 is 4.52 Å². The minimum atomic E-state index is 0.276. The highest BCUT2D eigenvalue weighted by atomic mass is 79.9. The summed E-state index contributed by atoms with van der Waals surface area (Å²) in [6.45, 7) is 0. The van der Waals surface area contributed by atoms with E-state index in [1.807, 2.05) is 6.07 Å². The molecule has 0 unspecified atom stereocenters. The zero-order valence-corrected chi connectivity index (χ0v) is 11.2. The van der Waals surface area contributed by atoms with Crippen LogP contribution in [-0.4, -0.2) is 20.1 Å². The Morgan fingerprint density at radius 3 is 2.79 bits per heavy atom. The lowest BCUT2D eigenvalue weighted by molar-refractivity contribution is 0.431. The largest absolute Gasteiger partial charge is 0.397 e. The quantitative estimate of drug-likeness (QED) is 0.781. The third kappa shape index (κ3) is 2.32. The Morgan fingerprint density at radius 1 is 1.16 bits per heavy atom. The van der Waals surface area contributed by atoms with Crippen LogP contribution in [0.2, 0.25) is 0 Å². The van der Waals surface area contributed by atoms with E-state index in [2.05, 4.69) is 36.0 Å². The highest BCUT2D eigenvalue weighted by Gasteiger charge is 2.14. The summed E-state index contributed by atoms with van der Waals surface area (Å²) in [4.78, 5) is 12.6. The highest BCUT2D eigenvalue weighted by Crippen LogP contribution is 2.23. The first-order chi connectivity index (χ1) is 9.24. The fourth-order valence-corrected chi connectivity index (χ4v) is 1.76. The summed E-state index contributed by atoms with van der Waals surface area (Å²) in [7, 11) is 0. The van der Waals surface area contributed by atoms with Crippen LogP contribution in [0.25, 0.3) is 23.1 Å². The van der Waals surface area contributed by atoms with Gasteiger partial charge in [0.25, 0.3) is 5.89 Å². The van der Waals surface area contributed by atoms with Crippen molar-refractivity contribution in [3.8, 4) is 23.1 Å². The molecule has 0 spiro atoms. The summed E-state index contributed by atoms with van der Waals surface area (Å²) in [5.74, 6) is 0.672. The molecule has 0 aliphatic carbocycles. The number of hydrogen-bond acceptors (Lipinski definition) is 6. The smallest absolute Gasteiger partial charge is 0.279 e. The number of halogens is 1. The molecule has 0 amide bonds. The number of pyridine rings is 2. The van der Waals surface area contributed by atoms with Crippen LogP contribution in [0.4, 0.5) is 5.69 Å². The molecule has 6 nitrogen and oxygen atoms in total. The van der Waals surface area contributed by atoms with Crippen molar-refractivity contribution in [2.45, 2.75) is 0 Å². The maximum Gasteiger partial charge on any atom is 0.279 e. The SMILES string of the molecule is Nc1cccnc1-c1nc(-c2ccc(Br)cn2)no1. The van der Waals surface area contributed by atoms with Crippen LogP contribution in [0.15, 0.2) is 45.7 Å². The molecule has 3 aromatic rings. The lowest BCUT2D eigenvalue weighted by atomic mass is 10.3. The van der Waals surface area contributed by atoms with Crippen LogP contribution < -0.4 is 5.73 Å². The molecule has 0 atom stereocenters. The van der Waals surface area contributed by atoms with Crippen molar-refractivity contribution in [2.75, 3.05) is 5.73 Å². The first-order valence-corrected chi connectivity index (χ1v) is 6.20. The van der Waals surface area contributed by atoms with Gasteiger partial charge in [-0.25, -0.2) is 4.98 Å². The molecule has 7 heteroatoms. The Bertz CT molecular complexity index is 710. The van der Waals surface area contributed by atoms with E-state index in [9.17, 15) is 0 Å². The third-order valence-corrected chi connectivity index (χ3v) is 2.89. The van der Waals surface area contributed by atoms with Crippen LogP contribution in [0, 0.1) is 0 Å². The molecule has 94 valence electrons. The molecule has 19 heavy (non-hydrogen) atoms. The minimum absolute atomic E-state index is 0.276. The van der Waals surface area contributed by atoms with Gasteiger partial charge in [-0.3, -0.25) is 4.98 Å². The van der Waals surface area contributed by atoms with Crippen LogP contribution >= 0.6 is 15.9 Å². The van der Waals surface area contributed by atoms with Crippen molar-refractivity contribution in [3.63, 3.8) is 0 Å². The highest BCUT2D eigenvalue weighted by molar-refractivity contribution is 9.10. The number of aromatic nitrogens is 4. The standard InChI is InChI=1S/C12H8BrN5O/c13-7-3-4-9(16-6-7)11-17-12(19-18-11)10-8(14)2-1-5-15-10/h1-6H,14H2. The Kier molecular flexibility index (Phi) is 2.96. The molecule has 0 fully saturated rings. The second-order valence-electron chi connectivity index (χ2n) is 3.73. The van der Waals surface area contributed by atoms with E-state index in [4.69, 9.17) is 10.3 Å². The maximum absolute atomic E-state index is 5.81. The molecule has 0 bridgehead atoms. The average molecular weight is 318 g/mol. The fourth-order valence-electron chi connectivity index (χ4n) is 1.53. The van der Waals surface area contributed by atoms with Crippen molar-refractivity contribution in [1.29, 1.82) is 0 Å². The molecule has 0 aromatic carbocycles. The van der Waals surface area contributed by atoms with Gasteiger partial charge in [0.2, 0.25) is 5.82 Å². The number of hydrogen-bond donors (Lipinski definition) is 1. The molecule has 3 aromatic heterocycles. The first kappa shape index (κ1) is 11.8. The Balaban J connectivity index is 2.00. The van der Waals surface area contributed by atoms with Gasteiger partial charge in [-0.2, -0.15) is 4.98 Å². The van der Waals surface area contributed by atoms with Crippen molar-refractivity contribution in [2.24, 2.45) is 0 Å². The number of nitrogen functional groups attached to an aromatic ring is 1. The fraction of sp³-hybridized carbons (Fsp3) is 0. The van der Waals surface area contributed by atoms with Gasteiger partial charge in [-0.1, -0.05) is 5.16 Å². The second-order valence-corrected chi connectivity index (χ2v) is 4.64. The predicted molar refractivity (Wildman–Crippen MR) is 72.9 cm³/mol. The van der Waals surface area contributed by atoms with E-state index < -0.39 is 0 Å². The summed E-state index contributed by atoms with van der Waals surface area (Å²) >= 11 is 3.32. The number of rotatable bonds is 2. The normalized spacial score (nSPS) is 10.6. The number of nitrogens with zero attached hydrogens (tertiary/aromatic N) is 4. The Labute approximate surface area is 116 Å². The molecule has 0 saturated carbocycles. The van der Waals surface area contributed by atoms with Crippen LogP contribution in [0.5, 0.6) is 0 Å². The van der Waals surface area contributed by atoms with Crippen molar-refractivity contribution in [3.05, 3.63) is 41.1 Å². The third-order valence-electron chi connectivity index (χ3n) is 2.42. The van der Waals surface area contributed by atoms with Crippen LogP contribution in [0.1, 0.15) is 0 Å². The average Bonchev–Trinajstić information content (AvgIpc) is 2.89. The van der Waals surface area contributed by atoms with Gasteiger partial charge >= 0.3 is 0 Å². The summed E-state index contributed by atoms with van der Waals surface area (Å²) in [6, 6.07) is 7.12. The van der Waals surface area contributed by atoms with E-state index in [1.165, 1.54) is 0 Å². The van der Waals surface area contributed by atoms with E-state index >= 15 is 0 Å². The molecule has 0 aliphatic rings. The summed E-state index contributed by atoms with van der Waals surface area (Å²) in [6.07, 6.45) is 3.29. The lowest BCUT2D eigenvalue weighted by Gasteiger charge is -1.96. The lowest BCUT2D eigenvalue weighted by Crippen LogP contribution is -1.92. The summed E-state index contributed by atoms with van der Waals surface area (Å²) < 4.78 is 6.04. The topological polar surface area (TPSA) is 90.7 Å². The van der Waals surface area contributed by atoms with Gasteiger partial charge in [0.15, 0.2) is 5.69 Å². The number of anilines is 1. The minimum Gasteiger partial charge on any atom is -0.397 e. The van der Waals surface area contributed by atoms with Crippen LogP contribution in [0.3, 0.4) is 0 Å². The molecule has 0 radical (unpaired) electrons. The first-order valence-electron chi connectivity index (χ1n) is 5.40. The molecular weight excluding hydrogens is 310 g/mol.